The van der Waals surface area contributed by atoms with Gasteiger partial charge in [-0.25, -0.2) is 0 Å². The monoisotopic (exact) mass is 247 g/mol. The van der Waals surface area contributed by atoms with Crippen LogP contribution in [-0.2, 0) is 4.79 Å². The van der Waals surface area contributed by atoms with Crippen LogP contribution in [0, 0.1) is 0 Å². The molecule has 0 heterocycles. The minimum atomic E-state index is -4.28. The summed E-state index contributed by atoms with van der Waals surface area (Å²) in [6, 6.07) is 6.98. The van der Waals surface area contributed by atoms with Gasteiger partial charge in [-0.15, -0.1) is 0 Å². The Morgan fingerprint density at radius 1 is 1.29 bits per heavy atom. The van der Waals surface area contributed by atoms with Crippen LogP contribution in [0.15, 0.2) is 30.3 Å². The van der Waals surface area contributed by atoms with E-state index < -0.39 is 31.2 Å². The van der Waals surface area contributed by atoms with E-state index in [1.807, 2.05) is 0 Å². The Balaban J connectivity index is 2.60. The van der Waals surface area contributed by atoms with E-state index in [2.05, 4.69) is 5.32 Å². The molecule has 17 heavy (non-hydrogen) atoms. The molecule has 1 rings (SSSR count). The van der Waals surface area contributed by atoms with Crippen LogP contribution in [0.3, 0.4) is 0 Å². The Bertz CT molecular complexity index is 365. The molecule has 0 aliphatic rings. The molecule has 0 spiro atoms. The Morgan fingerprint density at radius 3 is 2.35 bits per heavy atom. The fourth-order valence-corrected chi connectivity index (χ4v) is 1.35. The number of hydrogen-bond donors (Lipinski definition) is 2. The zero-order valence-electron chi connectivity index (χ0n) is 8.87. The number of alkyl halides is 3. The lowest BCUT2D eigenvalue weighted by molar-refractivity contribution is -0.142. The first-order chi connectivity index (χ1) is 7.90. The molecule has 1 atom stereocenters. The van der Waals surface area contributed by atoms with E-state index in [9.17, 15) is 18.0 Å². The Hall–Kier alpha value is -1.56. The van der Waals surface area contributed by atoms with Gasteiger partial charge < -0.3 is 10.4 Å². The number of nitrogens with one attached hydrogen (secondary N) is 1. The summed E-state index contributed by atoms with van der Waals surface area (Å²) in [6.45, 7) is -0.421. The van der Waals surface area contributed by atoms with Crippen molar-refractivity contribution < 1.29 is 23.1 Å². The minimum Gasteiger partial charge on any atom is -0.480 e. The summed E-state index contributed by atoms with van der Waals surface area (Å²) >= 11 is 0. The number of carboxylic acids is 1. The maximum absolute atomic E-state index is 11.9. The molecule has 0 amide bonds. The Kier molecular flexibility index (Phi) is 4.51. The Labute approximate surface area is 96.3 Å². The van der Waals surface area contributed by atoms with Crippen LogP contribution in [0.2, 0.25) is 0 Å². The number of benzene rings is 1. The molecule has 1 aromatic rings. The maximum Gasteiger partial charge on any atom is 0.390 e. The molecule has 0 radical (unpaired) electrons. The summed E-state index contributed by atoms with van der Waals surface area (Å²) in [5.41, 5.74) is 0.433. The van der Waals surface area contributed by atoms with E-state index in [1.54, 1.807) is 30.3 Å². The van der Waals surface area contributed by atoms with Gasteiger partial charge >= 0.3 is 12.1 Å². The highest BCUT2D eigenvalue weighted by molar-refractivity contribution is 5.75. The van der Waals surface area contributed by atoms with Crippen LogP contribution >= 0.6 is 0 Å². The van der Waals surface area contributed by atoms with Crippen LogP contribution in [-0.4, -0.2) is 23.8 Å². The van der Waals surface area contributed by atoms with E-state index >= 15 is 0 Å². The fourth-order valence-electron chi connectivity index (χ4n) is 1.35. The first-order valence-electron chi connectivity index (χ1n) is 4.98. The SMILES string of the molecule is O=C(O)C(NCCC(F)(F)F)c1ccccc1. The van der Waals surface area contributed by atoms with Gasteiger partial charge in [0.25, 0.3) is 0 Å². The average molecular weight is 247 g/mol. The first kappa shape index (κ1) is 13.5. The van der Waals surface area contributed by atoms with Crippen molar-refractivity contribution in [3.05, 3.63) is 35.9 Å². The van der Waals surface area contributed by atoms with Crippen molar-refractivity contribution in [2.45, 2.75) is 18.6 Å². The summed E-state index contributed by atoms with van der Waals surface area (Å²) in [6.07, 6.45) is -5.34. The lowest BCUT2D eigenvalue weighted by Gasteiger charge is -2.15. The fraction of sp³-hybridized carbons (Fsp3) is 0.364. The predicted octanol–water partition coefficient (Wildman–Crippen LogP) is 2.35. The smallest absolute Gasteiger partial charge is 0.390 e. The number of carbonyl (C=O) groups is 1. The standard InChI is InChI=1S/C11H12F3NO2/c12-11(13,14)6-7-15-9(10(16)17)8-4-2-1-3-5-8/h1-5,9,15H,6-7H2,(H,16,17). The summed E-state index contributed by atoms with van der Waals surface area (Å²) in [5.74, 6) is -1.20. The van der Waals surface area contributed by atoms with Gasteiger partial charge in [-0.05, 0) is 5.56 Å². The molecule has 0 aromatic heterocycles. The number of carboxylic acid groups (broad SMARTS) is 1. The third kappa shape index (κ3) is 4.86. The van der Waals surface area contributed by atoms with E-state index in [-0.39, 0.29) is 0 Å². The predicted molar refractivity (Wildman–Crippen MR) is 55.5 cm³/mol. The summed E-state index contributed by atoms with van der Waals surface area (Å²) in [7, 11) is 0. The van der Waals surface area contributed by atoms with E-state index in [0.717, 1.165) is 0 Å². The van der Waals surface area contributed by atoms with Gasteiger partial charge in [0.2, 0.25) is 0 Å². The van der Waals surface area contributed by atoms with Gasteiger partial charge in [0, 0.05) is 6.54 Å². The normalized spacial score (nSPS) is 13.4. The molecule has 0 aliphatic heterocycles. The van der Waals surface area contributed by atoms with Crippen molar-refractivity contribution in [3.63, 3.8) is 0 Å². The molecule has 1 aromatic carbocycles. The van der Waals surface area contributed by atoms with Crippen molar-refractivity contribution in [2.75, 3.05) is 6.54 Å². The van der Waals surface area contributed by atoms with Gasteiger partial charge in [-0.2, -0.15) is 13.2 Å². The van der Waals surface area contributed by atoms with Crippen LogP contribution in [0.1, 0.15) is 18.0 Å². The molecule has 0 saturated heterocycles. The molecule has 0 saturated carbocycles. The van der Waals surface area contributed by atoms with Crippen molar-refractivity contribution >= 4 is 5.97 Å². The van der Waals surface area contributed by atoms with Gasteiger partial charge in [-0.1, -0.05) is 30.3 Å². The summed E-state index contributed by atoms with van der Waals surface area (Å²) < 4.78 is 35.8. The second-order valence-electron chi connectivity index (χ2n) is 3.50. The van der Waals surface area contributed by atoms with Crippen molar-refractivity contribution in [1.82, 2.24) is 5.32 Å². The minimum absolute atomic E-state index is 0.421. The molecule has 94 valence electrons. The summed E-state index contributed by atoms with van der Waals surface area (Å²) in [4.78, 5) is 10.9. The van der Waals surface area contributed by atoms with Gasteiger partial charge in [0.05, 0.1) is 6.42 Å². The largest absolute Gasteiger partial charge is 0.480 e. The molecule has 0 aliphatic carbocycles. The van der Waals surface area contributed by atoms with E-state index in [4.69, 9.17) is 5.11 Å². The Morgan fingerprint density at radius 2 is 1.88 bits per heavy atom. The molecule has 0 bridgehead atoms. The van der Waals surface area contributed by atoms with Crippen molar-refractivity contribution in [3.8, 4) is 0 Å². The molecular weight excluding hydrogens is 235 g/mol. The van der Waals surface area contributed by atoms with Crippen LogP contribution in [0.4, 0.5) is 13.2 Å². The number of hydrogen-bond acceptors (Lipinski definition) is 2. The number of halogens is 3. The van der Waals surface area contributed by atoms with Crippen LogP contribution in [0.5, 0.6) is 0 Å². The maximum atomic E-state index is 11.9. The second-order valence-corrected chi connectivity index (χ2v) is 3.50. The second kappa shape index (κ2) is 5.67. The van der Waals surface area contributed by atoms with Gasteiger partial charge in [-0.3, -0.25) is 4.79 Å². The van der Waals surface area contributed by atoms with Crippen LogP contribution < -0.4 is 5.32 Å². The first-order valence-corrected chi connectivity index (χ1v) is 4.98. The number of rotatable bonds is 5. The van der Waals surface area contributed by atoms with Gasteiger partial charge in [0.15, 0.2) is 0 Å². The third-order valence-corrected chi connectivity index (χ3v) is 2.14. The molecule has 3 nitrogen and oxygen atoms in total. The van der Waals surface area contributed by atoms with Crippen molar-refractivity contribution in [1.29, 1.82) is 0 Å². The van der Waals surface area contributed by atoms with E-state index in [1.165, 1.54) is 0 Å². The topological polar surface area (TPSA) is 49.3 Å². The molecule has 6 heteroatoms. The quantitative estimate of drug-likeness (QED) is 0.839. The third-order valence-electron chi connectivity index (χ3n) is 2.14. The molecule has 1 unspecified atom stereocenters. The van der Waals surface area contributed by atoms with Gasteiger partial charge in [0.1, 0.15) is 6.04 Å². The molecule has 0 fully saturated rings. The summed E-state index contributed by atoms with van der Waals surface area (Å²) in [5, 5.41) is 11.3. The lowest BCUT2D eigenvalue weighted by atomic mass is 10.1. The molecule has 2 N–H and O–H groups in total. The number of aliphatic carboxylic acids is 1. The lowest BCUT2D eigenvalue weighted by Crippen LogP contribution is -2.31. The highest BCUT2D eigenvalue weighted by Gasteiger charge is 2.28. The zero-order valence-corrected chi connectivity index (χ0v) is 8.87. The van der Waals surface area contributed by atoms with Crippen LogP contribution in [0.25, 0.3) is 0 Å². The highest BCUT2D eigenvalue weighted by Crippen LogP contribution is 2.19. The highest BCUT2D eigenvalue weighted by atomic mass is 19.4. The average Bonchev–Trinajstić information content (AvgIpc) is 2.23. The van der Waals surface area contributed by atoms with Crippen molar-refractivity contribution in [2.24, 2.45) is 0 Å². The molecular formula is C11H12F3NO2. The van der Waals surface area contributed by atoms with E-state index in [0.29, 0.717) is 5.56 Å². The zero-order chi connectivity index (χ0) is 12.9.